The molecule has 0 saturated heterocycles. The Kier molecular flexibility index (Phi) is 6.17. The number of pyridine rings is 1. The summed E-state index contributed by atoms with van der Waals surface area (Å²) in [6, 6.07) is 7.21. The van der Waals surface area contributed by atoms with E-state index in [1.54, 1.807) is 31.3 Å². The Morgan fingerprint density at radius 2 is 1.78 bits per heavy atom. The Hall–Kier alpha value is -3.89. The highest BCUT2D eigenvalue weighted by Gasteiger charge is 2.46. The molecular formula is C25H22Cl2N6O4. The molecule has 0 unspecified atom stereocenters. The molecule has 0 bridgehead atoms. The lowest BCUT2D eigenvalue weighted by Gasteiger charge is -2.28. The van der Waals surface area contributed by atoms with Crippen molar-refractivity contribution in [2.75, 3.05) is 12.0 Å². The SMILES string of the molecule is COc1nc(O)ncc1-c1nc2c(n1C(C)C)[C@@H](c1ccc(Cl)cc1)N(c1cc(Cl)cn(C)c1=O)C2=O. The van der Waals surface area contributed by atoms with E-state index in [4.69, 9.17) is 32.9 Å². The topological polar surface area (TPSA) is 115 Å². The Morgan fingerprint density at radius 1 is 1.08 bits per heavy atom. The van der Waals surface area contributed by atoms with Gasteiger partial charge in [-0.15, -0.1) is 0 Å². The monoisotopic (exact) mass is 540 g/mol. The molecule has 0 saturated carbocycles. The summed E-state index contributed by atoms with van der Waals surface area (Å²) in [4.78, 5) is 41.1. The first-order chi connectivity index (χ1) is 17.6. The number of nitrogens with zero attached hydrogens (tertiary/aromatic N) is 6. The molecule has 1 N–H and O–H groups in total. The van der Waals surface area contributed by atoms with Crippen molar-refractivity contribution in [3.63, 3.8) is 0 Å². The number of halogens is 2. The molecule has 1 aromatic carbocycles. The summed E-state index contributed by atoms with van der Waals surface area (Å²) in [5.41, 5.74) is 1.61. The number of aryl methyl sites for hydroxylation is 1. The molecule has 0 fully saturated rings. The molecule has 4 heterocycles. The average molecular weight is 541 g/mol. The highest BCUT2D eigenvalue weighted by Crippen LogP contribution is 2.45. The summed E-state index contributed by atoms with van der Waals surface area (Å²) in [7, 11) is 2.99. The van der Waals surface area contributed by atoms with Crippen LogP contribution >= 0.6 is 23.2 Å². The number of imidazole rings is 1. The molecule has 4 aromatic rings. The number of fused-ring (bicyclic) bond motifs is 1. The largest absolute Gasteiger partial charge is 0.480 e. The number of methoxy groups -OCH3 is 1. The molecule has 1 aliphatic heterocycles. The fraction of sp³-hybridized carbons (Fsp3) is 0.240. The van der Waals surface area contributed by atoms with Gasteiger partial charge in [-0.2, -0.15) is 4.98 Å². The van der Waals surface area contributed by atoms with Crippen molar-refractivity contribution in [1.82, 2.24) is 24.1 Å². The van der Waals surface area contributed by atoms with Gasteiger partial charge in [0, 0.05) is 30.5 Å². The maximum Gasteiger partial charge on any atom is 0.317 e. The highest BCUT2D eigenvalue weighted by molar-refractivity contribution is 6.31. The number of hydrogen-bond acceptors (Lipinski definition) is 7. The van der Waals surface area contributed by atoms with E-state index in [2.05, 4.69) is 9.97 Å². The van der Waals surface area contributed by atoms with E-state index in [1.807, 2.05) is 18.4 Å². The lowest BCUT2D eigenvalue weighted by atomic mass is 10.0. The predicted molar refractivity (Wildman–Crippen MR) is 139 cm³/mol. The zero-order chi connectivity index (χ0) is 26.6. The van der Waals surface area contributed by atoms with Crippen LogP contribution in [0.3, 0.4) is 0 Å². The lowest BCUT2D eigenvalue weighted by molar-refractivity contribution is 0.0989. The van der Waals surface area contributed by atoms with Gasteiger partial charge in [-0.05, 0) is 37.6 Å². The molecule has 1 atom stereocenters. The second-order valence-corrected chi connectivity index (χ2v) is 9.69. The normalized spacial score (nSPS) is 14.9. The van der Waals surface area contributed by atoms with Crippen molar-refractivity contribution >= 4 is 34.8 Å². The molecule has 0 radical (unpaired) electrons. The van der Waals surface area contributed by atoms with E-state index >= 15 is 0 Å². The Morgan fingerprint density at radius 3 is 2.43 bits per heavy atom. The van der Waals surface area contributed by atoms with Crippen LogP contribution in [-0.4, -0.2) is 42.2 Å². The molecule has 10 nitrogen and oxygen atoms in total. The van der Waals surface area contributed by atoms with Crippen LogP contribution in [-0.2, 0) is 7.05 Å². The predicted octanol–water partition coefficient (Wildman–Crippen LogP) is 4.39. The van der Waals surface area contributed by atoms with Gasteiger partial charge < -0.3 is 19.0 Å². The standard InChI is InChI=1S/C25H22Cl2N6O4/c1-12(2)32-20-18(29-21(32)16-10-28-25(36)30-22(16)37-4)24(35)33(17-9-15(27)11-31(3)23(17)34)19(20)13-5-7-14(26)8-6-13/h5-12,19H,1-4H3,(H,28,30,36)/t19-/m1/s1. The van der Waals surface area contributed by atoms with Crippen molar-refractivity contribution in [3.05, 3.63) is 80.1 Å². The molecule has 190 valence electrons. The number of carbonyl (C=O) groups is 1. The summed E-state index contributed by atoms with van der Waals surface area (Å²) in [5, 5.41) is 10.6. The van der Waals surface area contributed by atoms with Crippen molar-refractivity contribution in [3.8, 4) is 23.3 Å². The van der Waals surface area contributed by atoms with Gasteiger partial charge in [0.15, 0.2) is 5.69 Å². The van der Waals surface area contributed by atoms with Gasteiger partial charge in [0.05, 0.1) is 23.4 Å². The Balaban J connectivity index is 1.82. The summed E-state index contributed by atoms with van der Waals surface area (Å²) in [6.07, 6.45) is 2.88. The highest BCUT2D eigenvalue weighted by atomic mass is 35.5. The van der Waals surface area contributed by atoms with Crippen LogP contribution in [0.2, 0.25) is 10.0 Å². The maximum absolute atomic E-state index is 14.0. The fourth-order valence-corrected chi connectivity index (χ4v) is 5.00. The molecule has 37 heavy (non-hydrogen) atoms. The molecule has 0 spiro atoms. The molecule has 3 aromatic heterocycles. The van der Waals surface area contributed by atoms with Crippen molar-refractivity contribution in [2.45, 2.75) is 25.9 Å². The zero-order valence-electron chi connectivity index (χ0n) is 20.3. The van der Waals surface area contributed by atoms with Crippen molar-refractivity contribution in [2.24, 2.45) is 7.05 Å². The minimum atomic E-state index is -0.710. The zero-order valence-corrected chi connectivity index (χ0v) is 21.8. The van der Waals surface area contributed by atoms with Gasteiger partial charge in [0.1, 0.15) is 17.6 Å². The van der Waals surface area contributed by atoms with Crippen LogP contribution in [0.25, 0.3) is 11.4 Å². The quantitative estimate of drug-likeness (QED) is 0.399. The number of benzene rings is 1. The third-order valence-electron chi connectivity index (χ3n) is 6.15. The molecule has 1 amide bonds. The minimum Gasteiger partial charge on any atom is -0.480 e. The summed E-state index contributed by atoms with van der Waals surface area (Å²) >= 11 is 12.5. The van der Waals surface area contributed by atoms with Gasteiger partial charge in [-0.3, -0.25) is 14.5 Å². The first kappa shape index (κ1) is 24.8. The molecular weight excluding hydrogens is 519 g/mol. The first-order valence-electron chi connectivity index (χ1n) is 11.3. The summed E-state index contributed by atoms with van der Waals surface area (Å²) < 4.78 is 8.59. The van der Waals surface area contributed by atoms with E-state index in [9.17, 15) is 14.7 Å². The van der Waals surface area contributed by atoms with E-state index in [0.29, 0.717) is 27.1 Å². The van der Waals surface area contributed by atoms with Crippen LogP contribution in [0.1, 0.15) is 47.7 Å². The number of aromatic nitrogens is 5. The minimum absolute atomic E-state index is 0.106. The molecule has 12 heteroatoms. The van der Waals surface area contributed by atoms with Gasteiger partial charge in [0.25, 0.3) is 11.5 Å². The van der Waals surface area contributed by atoms with E-state index in [1.165, 1.54) is 35.0 Å². The van der Waals surface area contributed by atoms with Crippen molar-refractivity contribution < 1.29 is 14.6 Å². The van der Waals surface area contributed by atoms with Crippen LogP contribution in [0.15, 0.2) is 47.5 Å². The number of anilines is 1. The fourth-order valence-electron chi connectivity index (χ4n) is 4.62. The molecule has 5 rings (SSSR count). The lowest BCUT2D eigenvalue weighted by Crippen LogP contribution is -2.36. The second kappa shape index (κ2) is 9.20. The third-order valence-corrected chi connectivity index (χ3v) is 6.61. The van der Waals surface area contributed by atoms with Gasteiger partial charge in [0.2, 0.25) is 5.88 Å². The third kappa shape index (κ3) is 4.02. The number of aromatic hydroxyl groups is 1. The van der Waals surface area contributed by atoms with Gasteiger partial charge in [-0.25, -0.2) is 9.97 Å². The number of ether oxygens (including phenoxy) is 1. The number of rotatable bonds is 5. The average Bonchev–Trinajstić information content (AvgIpc) is 3.37. The number of hydrogen-bond donors (Lipinski definition) is 1. The van der Waals surface area contributed by atoms with Gasteiger partial charge >= 0.3 is 6.01 Å². The van der Waals surface area contributed by atoms with Crippen LogP contribution < -0.4 is 15.2 Å². The summed E-state index contributed by atoms with van der Waals surface area (Å²) in [5.74, 6) is 0.0329. The first-order valence-corrected chi connectivity index (χ1v) is 12.1. The second-order valence-electron chi connectivity index (χ2n) is 8.81. The molecule has 1 aliphatic rings. The van der Waals surface area contributed by atoms with Crippen molar-refractivity contribution in [1.29, 1.82) is 0 Å². The van der Waals surface area contributed by atoms with E-state index < -0.39 is 18.0 Å². The van der Waals surface area contributed by atoms with E-state index in [-0.39, 0.29) is 28.9 Å². The Bertz CT molecular complexity index is 1600. The Labute approximate surface area is 221 Å². The van der Waals surface area contributed by atoms with Gasteiger partial charge in [-0.1, -0.05) is 35.3 Å². The van der Waals surface area contributed by atoms with Crippen LogP contribution in [0.4, 0.5) is 5.69 Å². The van der Waals surface area contributed by atoms with Crippen LogP contribution in [0, 0.1) is 0 Å². The smallest absolute Gasteiger partial charge is 0.317 e. The number of amides is 1. The number of carbonyl (C=O) groups excluding carboxylic acids is 1. The van der Waals surface area contributed by atoms with E-state index in [0.717, 1.165) is 5.56 Å². The maximum atomic E-state index is 14.0. The summed E-state index contributed by atoms with van der Waals surface area (Å²) in [6.45, 7) is 3.90. The van der Waals surface area contributed by atoms with Crippen LogP contribution in [0.5, 0.6) is 11.9 Å². The molecule has 0 aliphatic carbocycles.